The number of benzene rings is 1. The Balaban J connectivity index is 2.10. The molecule has 0 aliphatic heterocycles. The number of nitrogens with zero attached hydrogens (tertiary/aromatic N) is 2. The van der Waals surface area contributed by atoms with E-state index < -0.39 is 0 Å². The number of hydrogen-bond donors (Lipinski definition) is 1. The molecule has 4 rings (SSSR count). The highest BCUT2D eigenvalue weighted by Crippen LogP contribution is 2.29. The zero-order valence-electron chi connectivity index (χ0n) is 11.5. The van der Waals surface area contributed by atoms with Crippen molar-refractivity contribution in [2.75, 3.05) is 0 Å². The molecule has 20 heavy (non-hydrogen) atoms. The Morgan fingerprint density at radius 2 is 1.80 bits per heavy atom. The fourth-order valence-corrected chi connectivity index (χ4v) is 2.82. The van der Waals surface area contributed by atoms with Crippen LogP contribution >= 0.6 is 0 Å². The second kappa shape index (κ2) is 3.97. The van der Waals surface area contributed by atoms with Crippen LogP contribution in [0.25, 0.3) is 27.8 Å². The van der Waals surface area contributed by atoms with Gasteiger partial charge >= 0.3 is 0 Å². The molecule has 98 valence electrons. The summed E-state index contributed by atoms with van der Waals surface area (Å²) >= 11 is 0. The van der Waals surface area contributed by atoms with Gasteiger partial charge in [0.2, 0.25) is 0 Å². The Labute approximate surface area is 116 Å². The topological polar surface area (TPSA) is 33.1 Å². The van der Waals surface area contributed by atoms with Gasteiger partial charge in [-0.2, -0.15) is 0 Å². The van der Waals surface area contributed by atoms with Crippen LogP contribution in [0.4, 0.5) is 0 Å². The van der Waals surface area contributed by atoms with E-state index in [1.807, 2.05) is 6.07 Å². The van der Waals surface area contributed by atoms with Crippen molar-refractivity contribution in [2.24, 2.45) is 0 Å². The van der Waals surface area contributed by atoms with E-state index >= 15 is 0 Å². The first-order chi connectivity index (χ1) is 9.75. The first kappa shape index (κ1) is 11.3. The summed E-state index contributed by atoms with van der Waals surface area (Å²) in [5.74, 6) is 0. The molecule has 0 aliphatic rings. The lowest BCUT2D eigenvalue weighted by atomic mass is 10.1. The van der Waals surface area contributed by atoms with Gasteiger partial charge in [0.1, 0.15) is 11.3 Å². The molecule has 0 atom stereocenters. The summed E-state index contributed by atoms with van der Waals surface area (Å²) < 4.78 is 2.19. The molecule has 3 heteroatoms. The molecule has 1 N–H and O–H groups in total. The molecule has 0 unspecified atom stereocenters. The second-order valence-electron chi connectivity index (χ2n) is 5.14. The van der Waals surface area contributed by atoms with Crippen LogP contribution < -0.4 is 0 Å². The molecular formula is C17H15N3. The van der Waals surface area contributed by atoms with E-state index in [4.69, 9.17) is 0 Å². The van der Waals surface area contributed by atoms with Crippen LogP contribution in [0.5, 0.6) is 0 Å². The third-order valence-corrected chi connectivity index (χ3v) is 3.98. The Bertz CT molecular complexity index is 914. The van der Waals surface area contributed by atoms with Crippen molar-refractivity contribution in [1.82, 2.24) is 14.4 Å². The highest BCUT2D eigenvalue weighted by atomic mass is 15.1. The van der Waals surface area contributed by atoms with Crippen molar-refractivity contribution in [1.29, 1.82) is 0 Å². The first-order valence-corrected chi connectivity index (χ1v) is 6.77. The van der Waals surface area contributed by atoms with E-state index in [1.165, 1.54) is 22.2 Å². The molecule has 0 saturated carbocycles. The molecule has 1 aromatic carbocycles. The van der Waals surface area contributed by atoms with E-state index in [2.05, 4.69) is 70.8 Å². The van der Waals surface area contributed by atoms with Gasteiger partial charge in [-0.1, -0.05) is 30.3 Å². The first-order valence-electron chi connectivity index (χ1n) is 6.77. The Morgan fingerprint density at radius 3 is 2.60 bits per heavy atom. The van der Waals surface area contributed by atoms with Crippen molar-refractivity contribution >= 4 is 16.7 Å². The highest BCUT2D eigenvalue weighted by Gasteiger charge is 2.12. The van der Waals surface area contributed by atoms with Gasteiger partial charge in [-0.05, 0) is 31.5 Å². The van der Waals surface area contributed by atoms with Gasteiger partial charge in [-0.3, -0.25) is 4.40 Å². The standard InChI is InChI=1S/C17H15N3/c1-11-12(2)20-16(19-11)9-8-14-15(10-18-17(14)20)13-6-4-3-5-7-13/h3-10,18H,1-2H3. The normalized spacial score (nSPS) is 11.5. The Hall–Kier alpha value is -2.55. The average Bonchev–Trinajstić information content (AvgIpc) is 3.02. The molecule has 0 amide bonds. The fraction of sp³-hybridized carbons (Fsp3) is 0.118. The molecule has 0 saturated heterocycles. The molecule has 3 aromatic heterocycles. The molecule has 0 radical (unpaired) electrons. The van der Waals surface area contributed by atoms with Crippen LogP contribution in [-0.2, 0) is 0 Å². The summed E-state index contributed by atoms with van der Waals surface area (Å²) in [6.07, 6.45) is 2.08. The molecule has 0 fully saturated rings. The minimum absolute atomic E-state index is 0.994. The molecule has 4 aromatic rings. The van der Waals surface area contributed by atoms with E-state index in [-0.39, 0.29) is 0 Å². The smallest absolute Gasteiger partial charge is 0.138 e. The third-order valence-electron chi connectivity index (χ3n) is 3.98. The average molecular weight is 261 g/mol. The van der Waals surface area contributed by atoms with E-state index in [1.54, 1.807) is 0 Å². The second-order valence-corrected chi connectivity index (χ2v) is 5.14. The monoisotopic (exact) mass is 261 g/mol. The number of aromatic amines is 1. The van der Waals surface area contributed by atoms with Gasteiger partial charge in [0, 0.05) is 22.8 Å². The predicted octanol–water partition coefficient (Wildman–Crippen LogP) is 4.10. The summed E-state index contributed by atoms with van der Waals surface area (Å²) in [6, 6.07) is 14.7. The number of nitrogens with one attached hydrogen (secondary N) is 1. The lowest BCUT2D eigenvalue weighted by Crippen LogP contribution is -1.90. The van der Waals surface area contributed by atoms with Gasteiger partial charge in [0.25, 0.3) is 0 Å². The van der Waals surface area contributed by atoms with Crippen LogP contribution in [0, 0.1) is 13.8 Å². The Morgan fingerprint density at radius 1 is 1.00 bits per heavy atom. The zero-order chi connectivity index (χ0) is 13.7. The maximum atomic E-state index is 4.59. The minimum Gasteiger partial charge on any atom is -0.347 e. The number of hydrogen-bond acceptors (Lipinski definition) is 1. The number of aromatic nitrogens is 3. The number of imidazole rings is 1. The zero-order valence-corrected chi connectivity index (χ0v) is 11.5. The predicted molar refractivity (Wildman–Crippen MR) is 82.0 cm³/mol. The van der Waals surface area contributed by atoms with Gasteiger partial charge < -0.3 is 4.98 Å². The van der Waals surface area contributed by atoms with Gasteiger partial charge in [0.05, 0.1) is 5.69 Å². The van der Waals surface area contributed by atoms with Crippen molar-refractivity contribution in [3.05, 3.63) is 60.0 Å². The summed E-state index contributed by atoms with van der Waals surface area (Å²) in [4.78, 5) is 7.99. The summed E-state index contributed by atoms with van der Waals surface area (Å²) in [6.45, 7) is 4.16. The quantitative estimate of drug-likeness (QED) is 0.550. The SMILES string of the molecule is Cc1nc2ccc3c(-c4ccccc4)c[nH]c3n2c1C. The van der Waals surface area contributed by atoms with Crippen molar-refractivity contribution in [3.63, 3.8) is 0 Å². The number of fused-ring (bicyclic) bond motifs is 3. The van der Waals surface area contributed by atoms with E-state index in [9.17, 15) is 0 Å². The van der Waals surface area contributed by atoms with Crippen molar-refractivity contribution < 1.29 is 0 Å². The third kappa shape index (κ3) is 1.43. The van der Waals surface area contributed by atoms with Gasteiger partial charge in [0.15, 0.2) is 0 Å². The minimum atomic E-state index is 0.994. The molecule has 3 heterocycles. The number of pyridine rings is 1. The number of aryl methyl sites for hydroxylation is 2. The van der Waals surface area contributed by atoms with E-state index in [0.717, 1.165) is 17.0 Å². The van der Waals surface area contributed by atoms with Gasteiger partial charge in [-0.25, -0.2) is 4.98 Å². The van der Waals surface area contributed by atoms with Crippen molar-refractivity contribution in [3.8, 4) is 11.1 Å². The van der Waals surface area contributed by atoms with Crippen LogP contribution in [-0.4, -0.2) is 14.4 Å². The molecule has 0 aliphatic carbocycles. The largest absolute Gasteiger partial charge is 0.347 e. The van der Waals surface area contributed by atoms with Crippen LogP contribution in [0.2, 0.25) is 0 Å². The summed E-state index contributed by atoms with van der Waals surface area (Å²) in [5, 5.41) is 1.23. The molecule has 0 spiro atoms. The van der Waals surface area contributed by atoms with Gasteiger partial charge in [-0.15, -0.1) is 0 Å². The lowest BCUT2D eigenvalue weighted by Gasteiger charge is -2.02. The molecule has 0 bridgehead atoms. The number of H-pyrrole nitrogens is 1. The lowest BCUT2D eigenvalue weighted by molar-refractivity contribution is 1.12. The maximum absolute atomic E-state index is 4.59. The van der Waals surface area contributed by atoms with Crippen LogP contribution in [0.3, 0.4) is 0 Å². The maximum Gasteiger partial charge on any atom is 0.138 e. The van der Waals surface area contributed by atoms with E-state index in [0.29, 0.717) is 0 Å². The van der Waals surface area contributed by atoms with Crippen molar-refractivity contribution in [2.45, 2.75) is 13.8 Å². The molecule has 3 nitrogen and oxygen atoms in total. The number of rotatable bonds is 1. The highest BCUT2D eigenvalue weighted by molar-refractivity contribution is 5.95. The molecular weight excluding hydrogens is 246 g/mol. The fourth-order valence-electron chi connectivity index (χ4n) is 2.82. The van der Waals surface area contributed by atoms with Crippen LogP contribution in [0.1, 0.15) is 11.4 Å². The summed E-state index contributed by atoms with van der Waals surface area (Å²) in [7, 11) is 0. The Kier molecular flexibility index (Phi) is 2.24. The summed E-state index contributed by atoms with van der Waals surface area (Å²) in [5.41, 5.74) is 6.83. The van der Waals surface area contributed by atoms with Crippen LogP contribution in [0.15, 0.2) is 48.7 Å².